The monoisotopic (exact) mass is 430 g/mol. The van der Waals surface area contributed by atoms with Crippen LogP contribution in [0.1, 0.15) is 82.7 Å². The van der Waals surface area contributed by atoms with Gasteiger partial charge in [0.1, 0.15) is 23.0 Å². The minimum absolute atomic E-state index is 0.175. The molecule has 0 saturated heterocycles. The van der Waals surface area contributed by atoms with Gasteiger partial charge < -0.3 is 19.7 Å². The van der Waals surface area contributed by atoms with Crippen molar-refractivity contribution in [1.82, 2.24) is 0 Å². The molecular formula is C27H42O4. The number of aryl methyl sites for hydroxylation is 1. The molecule has 0 atom stereocenters. The lowest BCUT2D eigenvalue weighted by molar-refractivity contribution is 0.242. The molecule has 0 aliphatic carbocycles. The summed E-state index contributed by atoms with van der Waals surface area (Å²) < 4.78 is 11.5. The standard InChI is InChI=1S/C17H28O2.C10H14O2/c1-6-11-19-17-14(9-4)12(7-2)16(18)13(8-3)15(17)10-5;1-7(2)12-9-4-5-10(11)8(3)6-9/h18H,6-11H2,1-5H3;4-7,11H,1-3H3. The van der Waals surface area contributed by atoms with Crippen molar-refractivity contribution in [3.63, 3.8) is 0 Å². The van der Waals surface area contributed by atoms with E-state index in [1.165, 1.54) is 11.1 Å². The van der Waals surface area contributed by atoms with Crippen molar-refractivity contribution in [3.05, 3.63) is 46.0 Å². The second-order valence-corrected chi connectivity index (χ2v) is 7.97. The van der Waals surface area contributed by atoms with Crippen LogP contribution >= 0.6 is 0 Å². The maximum absolute atomic E-state index is 10.5. The normalized spacial score (nSPS) is 10.6. The zero-order valence-corrected chi connectivity index (χ0v) is 20.8. The molecule has 0 bridgehead atoms. The molecule has 2 aromatic rings. The minimum atomic E-state index is 0.175. The Morgan fingerprint density at radius 2 is 1.32 bits per heavy atom. The Morgan fingerprint density at radius 3 is 1.71 bits per heavy atom. The van der Waals surface area contributed by atoms with Crippen LogP contribution in [0.3, 0.4) is 0 Å². The van der Waals surface area contributed by atoms with Gasteiger partial charge in [0.05, 0.1) is 12.7 Å². The van der Waals surface area contributed by atoms with E-state index in [9.17, 15) is 10.2 Å². The van der Waals surface area contributed by atoms with Gasteiger partial charge in [-0.25, -0.2) is 0 Å². The molecule has 31 heavy (non-hydrogen) atoms. The Hall–Kier alpha value is -2.36. The van der Waals surface area contributed by atoms with Crippen molar-refractivity contribution in [2.24, 2.45) is 0 Å². The van der Waals surface area contributed by atoms with E-state index in [2.05, 4.69) is 34.6 Å². The highest BCUT2D eigenvalue weighted by atomic mass is 16.5. The first-order valence-electron chi connectivity index (χ1n) is 11.7. The molecule has 0 fully saturated rings. The van der Waals surface area contributed by atoms with E-state index < -0.39 is 0 Å². The number of ether oxygens (including phenoxy) is 2. The molecule has 0 aliphatic rings. The molecule has 0 saturated carbocycles. The maximum Gasteiger partial charge on any atom is 0.126 e. The Morgan fingerprint density at radius 1 is 0.806 bits per heavy atom. The molecule has 0 unspecified atom stereocenters. The largest absolute Gasteiger partial charge is 0.508 e. The molecule has 0 radical (unpaired) electrons. The van der Waals surface area contributed by atoms with E-state index in [1.807, 2.05) is 26.8 Å². The van der Waals surface area contributed by atoms with Crippen molar-refractivity contribution in [3.8, 4) is 23.0 Å². The fourth-order valence-corrected chi connectivity index (χ4v) is 3.79. The van der Waals surface area contributed by atoms with Crippen LogP contribution in [0.5, 0.6) is 23.0 Å². The van der Waals surface area contributed by atoms with E-state index in [0.717, 1.165) is 66.9 Å². The number of hydrogen-bond donors (Lipinski definition) is 2. The minimum Gasteiger partial charge on any atom is -0.508 e. The second kappa shape index (κ2) is 13.1. The highest BCUT2D eigenvalue weighted by molar-refractivity contribution is 5.59. The lowest BCUT2D eigenvalue weighted by Gasteiger charge is -2.22. The number of benzene rings is 2. The smallest absolute Gasteiger partial charge is 0.126 e. The zero-order chi connectivity index (χ0) is 23.6. The molecule has 2 N–H and O–H groups in total. The summed E-state index contributed by atoms with van der Waals surface area (Å²) in [6, 6.07) is 5.24. The lowest BCUT2D eigenvalue weighted by Crippen LogP contribution is -2.08. The first kappa shape index (κ1) is 26.7. The topological polar surface area (TPSA) is 58.9 Å². The second-order valence-electron chi connectivity index (χ2n) is 7.97. The number of aromatic hydroxyl groups is 2. The van der Waals surface area contributed by atoms with Crippen molar-refractivity contribution < 1.29 is 19.7 Å². The summed E-state index contributed by atoms with van der Waals surface area (Å²) in [5.41, 5.74) is 5.38. The molecule has 4 heteroatoms. The first-order chi connectivity index (χ1) is 14.7. The average Bonchev–Trinajstić information content (AvgIpc) is 2.74. The van der Waals surface area contributed by atoms with Crippen molar-refractivity contribution in [2.45, 2.75) is 93.6 Å². The van der Waals surface area contributed by atoms with Crippen LogP contribution in [0, 0.1) is 6.92 Å². The van der Waals surface area contributed by atoms with Gasteiger partial charge in [-0.2, -0.15) is 0 Å². The third-order valence-electron chi connectivity index (χ3n) is 5.25. The highest BCUT2D eigenvalue weighted by Crippen LogP contribution is 2.39. The van der Waals surface area contributed by atoms with Crippen molar-refractivity contribution in [2.75, 3.05) is 6.61 Å². The Balaban J connectivity index is 0.000000343. The van der Waals surface area contributed by atoms with Crippen LogP contribution in [0.25, 0.3) is 0 Å². The van der Waals surface area contributed by atoms with E-state index in [-0.39, 0.29) is 6.10 Å². The van der Waals surface area contributed by atoms with Crippen LogP contribution in [-0.2, 0) is 25.7 Å². The van der Waals surface area contributed by atoms with Crippen LogP contribution < -0.4 is 9.47 Å². The van der Waals surface area contributed by atoms with E-state index in [1.54, 1.807) is 12.1 Å². The van der Waals surface area contributed by atoms with Gasteiger partial charge >= 0.3 is 0 Å². The Kier molecular flexibility index (Phi) is 11.3. The molecule has 174 valence electrons. The summed E-state index contributed by atoms with van der Waals surface area (Å²) in [4.78, 5) is 0. The van der Waals surface area contributed by atoms with Crippen LogP contribution in [0.2, 0.25) is 0 Å². The molecular weight excluding hydrogens is 388 g/mol. The Labute approximate surface area is 189 Å². The average molecular weight is 431 g/mol. The maximum atomic E-state index is 10.5. The number of rotatable bonds is 9. The predicted octanol–water partition coefficient (Wildman–Crippen LogP) is 6.92. The van der Waals surface area contributed by atoms with Gasteiger partial charge in [0.2, 0.25) is 0 Å². The zero-order valence-electron chi connectivity index (χ0n) is 20.8. The number of phenols is 2. The Bertz CT molecular complexity index is 791. The lowest BCUT2D eigenvalue weighted by atomic mass is 9.90. The first-order valence-corrected chi connectivity index (χ1v) is 11.7. The van der Waals surface area contributed by atoms with Crippen molar-refractivity contribution in [1.29, 1.82) is 0 Å². The summed E-state index contributed by atoms with van der Waals surface area (Å²) in [6.45, 7) is 17.1. The summed E-state index contributed by atoms with van der Waals surface area (Å²) >= 11 is 0. The molecule has 2 aromatic carbocycles. The molecule has 0 aromatic heterocycles. The number of phenolic OH excluding ortho intramolecular Hbond substituents is 2. The summed E-state index contributed by atoms with van der Waals surface area (Å²) in [5, 5.41) is 19.7. The fraction of sp³-hybridized carbons (Fsp3) is 0.556. The van der Waals surface area contributed by atoms with Crippen molar-refractivity contribution >= 4 is 0 Å². The third-order valence-corrected chi connectivity index (χ3v) is 5.25. The summed E-state index contributed by atoms with van der Waals surface area (Å²) in [6.07, 6.45) is 4.72. The van der Waals surface area contributed by atoms with E-state index in [0.29, 0.717) is 11.5 Å². The van der Waals surface area contributed by atoms with Crippen LogP contribution in [0.4, 0.5) is 0 Å². The third kappa shape index (κ3) is 7.09. The molecule has 0 heterocycles. The number of hydrogen-bond acceptors (Lipinski definition) is 4. The van der Waals surface area contributed by atoms with Gasteiger partial charge in [-0.1, -0.05) is 34.6 Å². The highest BCUT2D eigenvalue weighted by Gasteiger charge is 2.21. The molecule has 0 spiro atoms. The van der Waals surface area contributed by atoms with Gasteiger partial charge in [0.25, 0.3) is 0 Å². The van der Waals surface area contributed by atoms with E-state index >= 15 is 0 Å². The summed E-state index contributed by atoms with van der Waals surface area (Å²) in [7, 11) is 0. The molecule has 0 aliphatic heterocycles. The van der Waals surface area contributed by atoms with Crippen LogP contribution in [0.15, 0.2) is 18.2 Å². The SMILES string of the molecule is CCCOc1c(CC)c(CC)c(O)c(CC)c1CC.Cc1cc(OC(C)C)ccc1O. The van der Waals surface area contributed by atoms with Gasteiger partial charge in [0.15, 0.2) is 0 Å². The fourth-order valence-electron chi connectivity index (χ4n) is 3.79. The van der Waals surface area contributed by atoms with Gasteiger partial charge in [-0.05, 0) is 76.6 Å². The summed E-state index contributed by atoms with van der Waals surface area (Å²) in [5.74, 6) is 2.66. The quantitative estimate of drug-likeness (QED) is 0.453. The van der Waals surface area contributed by atoms with Crippen LogP contribution in [-0.4, -0.2) is 22.9 Å². The van der Waals surface area contributed by atoms with Gasteiger partial charge in [-0.15, -0.1) is 0 Å². The predicted molar refractivity (Wildman–Crippen MR) is 130 cm³/mol. The molecule has 0 amide bonds. The van der Waals surface area contributed by atoms with E-state index in [4.69, 9.17) is 9.47 Å². The molecule has 2 rings (SSSR count). The van der Waals surface area contributed by atoms with Gasteiger partial charge in [-0.3, -0.25) is 0 Å². The van der Waals surface area contributed by atoms with Gasteiger partial charge in [0, 0.05) is 22.3 Å². The molecule has 4 nitrogen and oxygen atoms in total.